The Bertz CT molecular complexity index is 4440. The largest absolute Gasteiger partial charge is 0.514 e. The van der Waals surface area contributed by atoms with E-state index in [1.54, 1.807) is 63.2 Å². The van der Waals surface area contributed by atoms with Gasteiger partial charge in [0, 0.05) is 23.0 Å². The number of aryl methyl sites for hydroxylation is 2. The molecule has 0 amide bonds. The fourth-order valence-electron chi connectivity index (χ4n) is 14.2. The monoisotopic (exact) mass is 1480 g/mol. The summed E-state index contributed by atoms with van der Waals surface area (Å²) in [7, 11) is 2.36. The van der Waals surface area contributed by atoms with Crippen molar-refractivity contribution >= 4 is 57.7 Å². The number of esters is 1. The first-order chi connectivity index (χ1) is 49.8. The number of ether oxygens (including phenoxy) is 5. The van der Waals surface area contributed by atoms with Crippen molar-refractivity contribution in [2.75, 3.05) is 28.2 Å². The van der Waals surface area contributed by atoms with Gasteiger partial charge in [0.25, 0.3) is 11.8 Å². The molecule has 5 aromatic carbocycles. The van der Waals surface area contributed by atoms with Gasteiger partial charge in [-0.2, -0.15) is 0 Å². The number of nitrogens with zero attached hydrogens (tertiary/aromatic N) is 4. The molecule has 1 N–H and O–H groups in total. The van der Waals surface area contributed by atoms with Crippen molar-refractivity contribution in [2.45, 2.75) is 187 Å². The summed E-state index contributed by atoms with van der Waals surface area (Å²) in [5.74, 6) is -2.16. The Labute approximate surface area is 625 Å². The average molecular weight is 1480 g/mol. The van der Waals surface area contributed by atoms with Crippen molar-refractivity contribution in [2.24, 2.45) is 17.8 Å². The molecule has 12 rings (SSSR count). The molecular weight excluding hydrogens is 1380 g/mol. The van der Waals surface area contributed by atoms with Crippen LogP contribution in [0.15, 0.2) is 167 Å². The molecule has 0 bridgehead atoms. The van der Waals surface area contributed by atoms with Crippen molar-refractivity contribution in [1.82, 2.24) is 20.1 Å². The van der Waals surface area contributed by atoms with E-state index >= 15 is 9.59 Å². The number of hydrogen-bond acceptors (Lipinski definition) is 20. The van der Waals surface area contributed by atoms with Gasteiger partial charge in [-0.3, -0.25) is 29.0 Å². The van der Waals surface area contributed by atoms with Crippen LogP contribution in [0.4, 0.5) is 4.79 Å². The zero-order chi connectivity index (χ0) is 78.0. The Kier molecular flexibility index (Phi) is 24.2. The third-order valence-corrected chi connectivity index (χ3v) is 30.3. The van der Waals surface area contributed by atoms with Gasteiger partial charge in [-0.1, -0.05) is 171 Å². The lowest BCUT2D eigenvalue weighted by atomic mass is 9.55. The van der Waals surface area contributed by atoms with Gasteiger partial charge in [0.05, 0.1) is 12.1 Å². The Hall–Kier alpha value is -9.17. The molecular formula is C84H104N4O16Si2. The number of aliphatic hydroxyl groups excluding tert-OH is 1. The lowest BCUT2D eigenvalue weighted by Crippen LogP contribution is -2.68. The molecule has 106 heavy (non-hydrogen) atoms. The summed E-state index contributed by atoms with van der Waals surface area (Å²) in [6.07, 6.45) is 4.02. The molecule has 2 heterocycles. The highest BCUT2D eigenvalue weighted by Crippen LogP contribution is 2.61. The fourth-order valence-corrected chi connectivity index (χ4v) is 17.1. The van der Waals surface area contributed by atoms with Crippen molar-refractivity contribution < 1.29 is 75.5 Å². The Morgan fingerprint density at radius 1 is 0.623 bits per heavy atom. The minimum absolute atomic E-state index is 0.0428. The summed E-state index contributed by atoms with van der Waals surface area (Å²) < 4.78 is 53.6. The standard InChI is InChI=1S/C36H44N2O6Si.C26H34N2O5Si.C20H22O5.C2H4/c1-20-14-13-17-23-21(2)24-18-25-29(38(6)7)31-28(34(37-43-31)42-19-22-15-11-10-12-16-22)33(41)36(25,44-45(8,9)35(3,4)5)32(40)27(24)30(39)26(20)23;1-25(2,3)34(6,7)33-26-18(14-11-15-19(26)29)21(28(4)5)22-20(23(26)30)24(27-32-22)31-16-17-12-9-8-10-13-17;1-5-14-10-9-13-16(24-19(22)25-20(2,3)4)17(14)18(21)23-15-11-7-6-8-12-15;1-2/h10-17,21,24-25,29,39H,18-19H2,1-9H3;8-13,15,18,21H,14,16H2,1-7H3;6-13H,5H2,1-4H3;1-2H2/t21-,24+,25-,29-,36-;18-,21-,26-;;/m00../s1. The quantitative estimate of drug-likeness (QED) is 0.0236. The average Bonchev–Trinajstić information content (AvgIpc) is 1.04. The number of ketones is 4. The van der Waals surface area contributed by atoms with E-state index in [0.717, 1.165) is 27.8 Å². The molecule has 0 unspecified atom stereocenters. The number of para-hydroxylation sites is 1. The minimum Gasteiger partial charge on any atom is -0.507 e. The number of aliphatic hydroxyl groups is 1. The van der Waals surface area contributed by atoms with E-state index in [1.165, 1.54) is 6.08 Å². The predicted molar refractivity (Wildman–Crippen MR) is 411 cm³/mol. The van der Waals surface area contributed by atoms with Crippen LogP contribution in [-0.4, -0.2) is 122 Å². The van der Waals surface area contributed by atoms with E-state index in [0.29, 0.717) is 42.1 Å². The van der Waals surface area contributed by atoms with Crippen LogP contribution in [0, 0.1) is 24.7 Å². The number of aromatic nitrogens is 2. The van der Waals surface area contributed by atoms with Gasteiger partial charge < -0.3 is 46.7 Å². The Morgan fingerprint density at radius 3 is 1.59 bits per heavy atom. The van der Waals surface area contributed by atoms with Crippen LogP contribution in [0.25, 0.3) is 5.76 Å². The highest BCUT2D eigenvalue weighted by molar-refractivity contribution is 6.75. The third kappa shape index (κ3) is 15.8. The second-order valence-corrected chi connectivity index (χ2v) is 41.5. The third-order valence-electron chi connectivity index (χ3n) is 21.5. The summed E-state index contributed by atoms with van der Waals surface area (Å²) in [5.41, 5.74) is 1.80. The number of allylic oxidation sites excluding steroid dienone is 1. The zero-order valence-corrected chi connectivity index (χ0v) is 67.1. The molecule has 5 aliphatic carbocycles. The normalized spacial score (nSPS) is 21.8. The smallest absolute Gasteiger partial charge is 0.507 e. The molecule has 1 fully saturated rings. The van der Waals surface area contributed by atoms with Crippen LogP contribution >= 0.6 is 0 Å². The molecule has 2 aromatic heterocycles. The van der Waals surface area contributed by atoms with Crippen molar-refractivity contribution in [3.05, 3.63) is 220 Å². The second-order valence-electron chi connectivity index (χ2n) is 32.1. The number of benzene rings is 5. The van der Waals surface area contributed by atoms with Gasteiger partial charge in [-0.15, -0.1) is 13.2 Å². The molecule has 7 aromatic rings. The lowest BCUT2D eigenvalue weighted by molar-refractivity contribution is -0.141. The SMILES string of the molecule is C=C.CCc1cccc(OC(=O)OC(C)(C)C)c1C(=O)Oc1ccccc1.CN(C)[C@@H]1c2onc(OCc3ccccc3)c2C(=O)[C@@]2(O[Si](C)(C)C(C)(C)C)C(=O)C=CC[C@@H]12.Cc1cccc2c1C(O)=C1C(=O)[C@]3(O[Si](C)(C)C(C)(C)C)C(=O)c4c(OCc5ccccc5)noc4[C@@H](N(C)C)[C@@H]3C[C@@H]1[C@H]2C. The fraction of sp³-hybridized carbons (Fsp3) is 0.429. The molecule has 8 atom stereocenters. The van der Waals surface area contributed by atoms with Gasteiger partial charge in [-0.25, -0.2) is 9.59 Å². The van der Waals surface area contributed by atoms with Gasteiger partial charge >= 0.3 is 12.1 Å². The Balaban J connectivity index is 0.000000190. The van der Waals surface area contributed by atoms with Crippen LogP contribution in [0.2, 0.25) is 36.3 Å². The van der Waals surface area contributed by atoms with Crippen LogP contribution in [0.1, 0.15) is 183 Å². The Morgan fingerprint density at radius 2 is 1.10 bits per heavy atom. The highest BCUT2D eigenvalue weighted by Gasteiger charge is 2.70. The predicted octanol–water partition coefficient (Wildman–Crippen LogP) is 18.0. The van der Waals surface area contributed by atoms with E-state index in [2.05, 4.69) is 98.1 Å². The van der Waals surface area contributed by atoms with E-state index in [4.69, 9.17) is 41.6 Å². The number of hydrogen-bond donors (Lipinski definition) is 1. The van der Waals surface area contributed by atoms with E-state index in [9.17, 15) is 24.3 Å². The maximum atomic E-state index is 15.3. The molecule has 0 spiro atoms. The molecule has 564 valence electrons. The molecule has 22 heteroatoms. The van der Waals surface area contributed by atoms with Crippen LogP contribution in [0.5, 0.6) is 23.3 Å². The molecule has 0 radical (unpaired) electrons. The van der Waals surface area contributed by atoms with Crippen LogP contribution < -0.4 is 18.9 Å². The maximum Gasteiger partial charge on any atom is 0.514 e. The van der Waals surface area contributed by atoms with Crippen LogP contribution in [0.3, 0.4) is 0 Å². The van der Waals surface area contributed by atoms with Gasteiger partial charge in [0.15, 0.2) is 45.1 Å². The summed E-state index contributed by atoms with van der Waals surface area (Å²) in [6, 6.07) is 38.1. The number of rotatable bonds is 16. The van der Waals surface area contributed by atoms with E-state index in [-0.39, 0.29) is 92.5 Å². The zero-order valence-electron chi connectivity index (χ0n) is 65.1. The first kappa shape index (κ1) is 80.9. The minimum atomic E-state index is -2.78. The molecule has 5 aliphatic rings. The molecule has 20 nitrogen and oxygen atoms in total. The summed E-state index contributed by atoms with van der Waals surface area (Å²) in [5, 5.41) is 19.8. The van der Waals surface area contributed by atoms with Crippen molar-refractivity contribution in [3.8, 4) is 23.3 Å². The van der Waals surface area contributed by atoms with E-state index in [1.807, 2.05) is 143 Å². The number of carbonyl (C=O) groups is 6. The number of carbonyl (C=O) groups excluding carboxylic acids is 6. The summed E-state index contributed by atoms with van der Waals surface area (Å²) in [6.45, 7) is 38.4. The van der Waals surface area contributed by atoms with Gasteiger partial charge in [0.1, 0.15) is 52.8 Å². The molecule has 1 saturated carbocycles. The van der Waals surface area contributed by atoms with Crippen molar-refractivity contribution in [1.29, 1.82) is 0 Å². The lowest BCUT2D eigenvalue weighted by Gasteiger charge is -2.55. The molecule has 0 saturated heterocycles. The first-order valence-corrected chi connectivity index (χ1v) is 41.9. The summed E-state index contributed by atoms with van der Waals surface area (Å²) in [4.78, 5) is 87.0. The number of Topliss-reactive ketones (excluding diaryl/α,β-unsaturated/α-hetero) is 3. The van der Waals surface area contributed by atoms with Crippen molar-refractivity contribution in [3.63, 3.8) is 0 Å². The van der Waals surface area contributed by atoms with Gasteiger partial charge in [0.2, 0.25) is 17.3 Å². The van der Waals surface area contributed by atoms with Crippen LogP contribution in [-0.2, 0) is 42.8 Å². The highest BCUT2D eigenvalue weighted by atomic mass is 28.4. The topological polar surface area (TPSA) is 246 Å². The maximum absolute atomic E-state index is 15.3. The van der Waals surface area contributed by atoms with Gasteiger partial charge in [-0.05, 0) is 186 Å². The second kappa shape index (κ2) is 31.7. The molecule has 0 aliphatic heterocycles. The van der Waals surface area contributed by atoms with E-state index < -0.39 is 80.8 Å². The summed E-state index contributed by atoms with van der Waals surface area (Å²) >= 11 is 0. The first-order valence-electron chi connectivity index (χ1n) is 36.1. The number of fused-ring (bicyclic) bond motifs is 6.